The molecule has 0 bridgehead atoms. The van der Waals surface area contributed by atoms with E-state index in [-0.39, 0.29) is 0 Å². The Labute approximate surface area is 145 Å². The SMILES string of the molecule is CCNC(=NCc1ccc(OC)c(OC)c1)NCCOCC(C)C. The van der Waals surface area contributed by atoms with Crippen LogP contribution in [0.5, 0.6) is 11.5 Å². The smallest absolute Gasteiger partial charge is 0.191 e. The van der Waals surface area contributed by atoms with Crippen molar-refractivity contribution in [1.82, 2.24) is 10.6 Å². The van der Waals surface area contributed by atoms with Crippen molar-refractivity contribution in [2.75, 3.05) is 40.5 Å². The molecule has 136 valence electrons. The van der Waals surface area contributed by atoms with Crippen LogP contribution >= 0.6 is 0 Å². The molecule has 0 saturated carbocycles. The van der Waals surface area contributed by atoms with Crippen LogP contribution in [0.25, 0.3) is 0 Å². The number of nitrogens with one attached hydrogen (secondary N) is 2. The molecule has 2 N–H and O–H groups in total. The minimum absolute atomic E-state index is 0.553. The van der Waals surface area contributed by atoms with Gasteiger partial charge in [0.2, 0.25) is 0 Å². The highest BCUT2D eigenvalue weighted by atomic mass is 16.5. The first-order chi connectivity index (χ1) is 11.6. The molecule has 0 unspecified atom stereocenters. The third-order valence-electron chi connectivity index (χ3n) is 3.20. The van der Waals surface area contributed by atoms with Crippen LogP contribution in [-0.4, -0.2) is 46.5 Å². The van der Waals surface area contributed by atoms with E-state index in [1.165, 1.54) is 0 Å². The molecule has 0 atom stereocenters. The van der Waals surface area contributed by atoms with Gasteiger partial charge < -0.3 is 24.8 Å². The number of benzene rings is 1. The first-order valence-electron chi connectivity index (χ1n) is 8.41. The molecule has 6 heteroatoms. The van der Waals surface area contributed by atoms with E-state index in [0.717, 1.165) is 37.0 Å². The second kappa shape index (κ2) is 11.6. The van der Waals surface area contributed by atoms with Gasteiger partial charge in [-0.1, -0.05) is 19.9 Å². The quantitative estimate of drug-likeness (QED) is 0.390. The largest absolute Gasteiger partial charge is 0.493 e. The van der Waals surface area contributed by atoms with E-state index in [1.54, 1.807) is 14.2 Å². The van der Waals surface area contributed by atoms with Crippen molar-refractivity contribution in [3.63, 3.8) is 0 Å². The van der Waals surface area contributed by atoms with Gasteiger partial charge in [0.25, 0.3) is 0 Å². The average Bonchev–Trinajstić information content (AvgIpc) is 2.58. The van der Waals surface area contributed by atoms with Crippen LogP contribution in [0.1, 0.15) is 26.3 Å². The highest BCUT2D eigenvalue weighted by molar-refractivity contribution is 5.79. The summed E-state index contributed by atoms with van der Waals surface area (Å²) in [4.78, 5) is 4.59. The molecule has 24 heavy (non-hydrogen) atoms. The van der Waals surface area contributed by atoms with E-state index >= 15 is 0 Å². The van der Waals surface area contributed by atoms with Crippen molar-refractivity contribution in [3.05, 3.63) is 23.8 Å². The van der Waals surface area contributed by atoms with Gasteiger partial charge in [-0.3, -0.25) is 0 Å². The Hall–Kier alpha value is -1.95. The lowest BCUT2D eigenvalue weighted by atomic mass is 10.2. The normalized spacial score (nSPS) is 11.5. The summed E-state index contributed by atoms with van der Waals surface area (Å²) in [6, 6.07) is 5.82. The average molecular weight is 337 g/mol. The van der Waals surface area contributed by atoms with Gasteiger partial charge in [0.05, 0.1) is 27.4 Å². The van der Waals surface area contributed by atoms with Crippen LogP contribution in [0.3, 0.4) is 0 Å². The first kappa shape index (κ1) is 20.1. The highest BCUT2D eigenvalue weighted by Gasteiger charge is 2.04. The molecule has 0 aliphatic heterocycles. The Kier molecular flexibility index (Phi) is 9.68. The molecule has 1 aromatic carbocycles. The molecule has 0 amide bonds. The molecule has 1 rings (SSSR count). The van der Waals surface area contributed by atoms with Crippen molar-refractivity contribution >= 4 is 5.96 Å². The Morgan fingerprint density at radius 2 is 1.88 bits per heavy atom. The van der Waals surface area contributed by atoms with Gasteiger partial charge in [0, 0.05) is 19.7 Å². The lowest BCUT2D eigenvalue weighted by Gasteiger charge is -2.13. The van der Waals surface area contributed by atoms with Crippen LogP contribution in [0.4, 0.5) is 0 Å². The Bertz CT molecular complexity index is 504. The maximum Gasteiger partial charge on any atom is 0.191 e. The fourth-order valence-corrected chi connectivity index (χ4v) is 2.05. The molecule has 0 fully saturated rings. The number of ether oxygens (including phenoxy) is 3. The van der Waals surface area contributed by atoms with Crippen LogP contribution in [0, 0.1) is 5.92 Å². The van der Waals surface area contributed by atoms with Crippen molar-refractivity contribution in [1.29, 1.82) is 0 Å². The zero-order valence-electron chi connectivity index (χ0n) is 15.5. The number of methoxy groups -OCH3 is 2. The molecule has 0 aliphatic carbocycles. The van der Waals surface area contributed by atoms with Crippen molar-refractivity contribution in [3.8, 4) is 11.5 Å². The number of hydrogen-bond donors (Lipinski definition) is 2. The van der Waals surface area contributed by atoms with Crippen LogP contribution in [0.15, 0.2) is 23.2 Å². The molecule has 0 saturated heterocycles. The lowest BCUT2D eigenvalue weighted by Crippen LogP contribution is -2.39. The topological polar surface area (TPSA) is 64.1 Å². The number of nitrogens with zero attached hydrogens (tertiary/aromatic N) is 1. The van der Waals surface area contributed by atoms with Crippen molar-refractivity contribution in [2.45, 2.75) is 27.3 Å². The second-order valence-corrected chi connectivity index (χ2v) is 5.78. The Balaban J connectivity index is 2.55. The van der Waals surface area contributed by atoms with E-state index in [0.29, 0.717) is 24.8 Å². The summed E-state index contributed by atoms with van der Waals surface area (Å²) < 4.78 is 16.1. The first-order valence-corrected chi connectivity index (χ1v) is 8.41. The minimum atomic E-state index is 0.553. The van der Waals surface area contributed by atoms with E-state index in [2.05, 4.69) is 29.5 Å². The zero-order valence-corrected chi connectivity index (χ0v) is 15.5. The Morgan fingerprint density at radius 3 is 2.50 bits per heavy atom. The van der Waals surface area contributed by atoms with E-state index in [1.807, 2.05) is 25.1 Å². The molecule has 0 spiro atoms. The maximum absolute atomic E-state index is 5.57. The van der Waals surface area contributed by atoms with Gasteiger partial charge in [-0.05, 0) is 30.5 Å². The lowest BCUT2D eigenvalue weighted by molar-refractivity contribution is 0.114. The monoisotopic (exact) mass is 337 g/mol. The van der Waals surface area contributed by atoms with Gasteiger partial charge in [-0.25, -0.2) is 4.99 Å². The van der Waals surface area contributed by atoms with Gasteiger partial charge in [0.1, 0.15) is 0 Å². The van der Waals surface area contributed by atoms with Gasteiger partial charge >= 0.3 is 0 Å². The van der Waals surface area contributed by atoms with Gasteiger partial charge in [-0.15, -0.1) is 0 Å². The van der Waals surface area contributed by atoms with Crippen molar-refractivity contribution < 1.29 is 14.2 Å². The maximum atomic E-state index is 5.57. The van der Waals surface area contributed by atoms with Crippen LogP contribution in [0.2, 0.25) is 0 Å². The molecule has 0 aliphatic rings. The fourth-order valence-electron chi connectivity index (χ4n) is 2.05. The number of aliphatic imine (C=N–C) groups is 1. The Morgan fingerprint density at radius 1 is 1.12 bits per heavy atom. The van der Waals surface area contributed by atoms with Gasteiger partial charge in [0.15, 0.2) is 17.5 Å². The highest BCUT2D eigenvalue weighted by Crippen LogP contribution is 2.27. The standard InChI is InChI=1S/C18H31N3O3/c1-6-19-18(20-9-10-24-13-14(2)3)21-12-15-7-8-16(22-4)17(11-15)23-5/h7-8,11,14H,6,9-10,12-13H2,1-5H3,(H2,19,20,21). The molecular formula is C18H31N3O3. The number of hydrogen-bond acceptors (Lipinski definition) is 4. The van der Waals surface area contributed by atoms with E-state index in [4.69, 9.17) is 14.2 Å². The predicted octanol–water partition coefficient (Wildman–Crippen LogP) is 2.43. The zero-order chi connectivity index (χ0) is 17.8. The molecule has 1 aromatic rings. The molecule has 0 heterocycles. The van der Waals surface area contributed by atoms with Crippen molar-refractivity contribution in [2.24, 2.45) is 10.9 Å². The summed E-state index contributed by atoms with van der Waals surface area (Å²) in [5, 5.41) is 6.50. The summed E-state index contributed by atoms with van der Waals surface area (Å²) in [5.74, 6) is 2.76. The molecule has 0 radical (unpaired) electrons. The number of guanidine groups is 1. The summed E-state index contributed by atoms with van der Waals surface area (Å²) in [6.45, 7) is 9.87. The number of rotatable bonds is 10. The summed E-state index contributed by atoms with van der Waals surface area (Å²) >= 11 is 0. The molecule has 0 aromatic heterocycles. The second-order valence-electron chi connectivity index (χ2n) is 5.78. The summed E-state index contributed by atoms with van der Waals surface area (Å²) in [7, 11) is 3.26. The minimum Gasteiger partial charge on any atom is -0.493 e. The fraction of sp³-hybridized carbons (Fsp3) is 0.611. The van der Waals surface area contributed by atoms with Crippen LogP contribution < -0.4 is 20.1 Å². The molecular weight excluding hydrogens is 306 g/mol. The third kappa shape index (κ3) is 7.55. The van der Waals surface area contributed by atoms with Crippen LogP contribution in [-0.2, 0) is 11.3 Å². The molecule has 6 nitrogen and oxygen atoms in total. The van der Waals surface area contributed by atoms with E-state index in [9.17, 15) is 0 Å². The summed E-state index contributed by atoms with van der Waals surface area (Å²) in [6.07, 6.45) is 0. The van der Waals surface area contributed by atoms with E-state index < -0.39 is 0 Å². The predicted molar refractivity (Wildman–Crippen MR) is 98.0 cm³/mol. The summed E-state index contributed by atoms with van der Waals surface area (Å²) in [5.41, 5.74) is 1.06. The third-order valence-corrected chi connectivity index (χ3v) is 3.20. The van der Waals surface area contributed by atoms with Gasteiger partial charge in [-0.2, -0.15) is 0 Å².